The molecule has 0 bridgehead atoms. The number of aromatic hydroxyl groups is 1. The van der Waals surface area contributed by atoms with Gasteiger partial charge in [-0.3, -0.25) is 0 Å². The van der Waals surface area contributed by atoms with Gasteiger partial charge in [-0.15, -0.1) is 0 Å². The summed E-state index contributed by atoms with van der Waals surface area (Å²) in [6, 6.07) is 6.14. The van der Waals surface area contributed by atoms with Gasteiger partial charge in [-0.05, 0) is 12.1 Å². The van der Waals surface area contributed by atoms with E-state index in [4.69, 9.17) is 9.84 Å². The van der Waals surface area contributed by atoms with Crippen molar-refractivity contribution in [1.29, 1.82) is 0 Å². The Balaban J connectivity index is 2.10. The maximum Gasteiger partial charge on any atom is 0.157 e. The SMILES string of the molecule is OCC1OC(Nc2cccc(O)c2)C(O)C(O)C1O. The van der Waals surface area contributed by atoms with Gasteiger partial charge in [0.15, 0.2) is 6.23 Å². The van der Waals surface area contributed by atoms with Crippen LogP contribution in [0.5, 0.6) is 5.75 Å². The molecular formula is C12H17NO6. The third kappa shape index (κ3) is 2.96. The zero-order chi connectivity index (χ0) is 14.0. The number of ether oxygens (including phenoxy) is 1. The number of hydrogen-bond acceptors (Lipinski definition) is 7. The summed E-state index contributed by atoms with van der Waals surface area (Å²) in [6.07, 6.45) is -6.14. The highest BCUT2D eigenvalue weighted by atomic mass is 16.6. The molecule has 19 heavy (non-hydrogen) atoms. The molecule has 0 saturated carbocycles. The van der Waals surface area contributed by atoms with Crippen molar-refractivity contribution in [2.75, 3.05) is 11.9 Å². The molecule has 7 heteroatoms. The normalized spacial score (nSPS) is 35.1. The highest BCUT2D eigenvalue weighted by Crippen LogP contribution is 2.24. The number of phenolic OH excluding ortho intramolecular Hbond substituents is 1. The van der Waals surface area contributed by atoms with Gasteiger partial charge >= 0.3 is 0 Å². The molecule has 5 atom stereocenters. The summed E-state index contributed by atoms with van der Waals surface area (Å²) in [5.41, 5.74) is 0.476. The first-order valence-corrected chi connectivity index (χ1v) is 5.89. The minimum atomic E-state index is -1.43. The molecule has 1 saturated heterocycles. The summed E-state index contributed by atoms with van der Waals surface area (Å²) in [6.45, 7) is -0.483. The van der Waals surface area contributed by atoms with E-state index in [1.54, 1.807) is 12.1 Å². The molecule has 5 unspecified atom stereocenters. The van der Waals surface area contributed by atoms with Crippen molar-refractivity contribution in [1.82, 2.24) is 0 Å². The number of nitrogens with one attached hydrogen (secondary N) is 1. The molecule has 1 aromatic rings. The van der Waals surface area contributed by atoms with Crippen LogP contribution in [0.3, 0.4) is 0 Å². The molecule has 0 amide bonds. The molecule has 106 valence electrons. The number of aliphatic hydroxyl groups is 4. The first-order chi connectivity index (χ1) is 9.02. The summed E-state index contributed by atoms with van der Waals surface area (Å²) in [5.74, 6) is 0.0367. The number of aliphatic hydroxyl groups excluding tert-OH is 4. The van der Waals surface area contributed by atoms with E-state index >= 15 is 0 Å². The Kier molecular flexibility index (Phi) is 4.23. The fraction of sp³-hybridized carbons (Fsp3) is 0.500. The topological polar surface area (TPSA) is 122 Å². The largest absolute Gasteiger partial charge is 0.508 e. The van der Waals surface area contributed by atoms with Crippen molar-refractivity contribution in [3.8, 4) is 5.75 Å². The fourth-order valence-corrected chi connectivity index (χ4v) is 1.98. The predicted molar refractivity (Wildman–Crippen MR) is 65.5 cm³/mol. The number of phenols is 1. The van der Waals surface area contributed by atoms with E-state index in [-0.39, 0.29) is 5.75 Å². The number of rotatable bonds is 3. The Morgan fingerprint density at radius 3 is 2.47 bits per heavy atom. The lowest BCUT2D eigenvalue weighted by molar-refractivity contribution is -0.221. The molecule has 7 nitrogen and oxygen atoms in total. The summed E-state index contributed by atoms with van der Waals surface area (Å²) >= 11 is 0. The Hall–Kier alpha value is -1.38. The minimum Gasteiger partial charge on any atom is -0.508 e. The molecule has 1 aromatic carbocycles. The molecule has 1 fully saturated rings. The Bertz CT molecular complexity index is 426. The lowest BCUT2D eigenvalue weighted by atomic mass is 9.98. The van der Waals surface area contributed by atoms with Gasteiger partial charge in [0.1, 0.15) is 30.2 Å². The van der Waals surface area contributed by atoms with Crippen LogP contribution in [-0.2, 0) is 4.74 Å². The zero-order valence-corrected chi connectivity index (χ0v) is 10.0. The van der Waals surface area contributed by atoms with Crippen LogP contribution >= 0.6 is 0 Å². The molecule has 2 rings (SSSR count). The molecule has 0 aromatic heterocycles. The fourth-order valence-electron chi connectivity index (χ4n) is 1.98. The molecule has 1 aliphatic rings. The summed E-state index contributed by atoms with van der Waals surface area (Å²) in [5, 5.41) is 50.2. The third-order valence-electron chi connectivity index (χ3n) is 3.05. The predicted octanol–water partition coefficient (Wildman–Crippen LogP) is -1.40. The minimum absolute atomic E-state index is 0.0367. The van der Waals surface area contributed by atoms with Crippen molar-refractivity contribution in [2.45, 2.75) is 30.6 Å². The average Bonchev–Trinajstić information content (AvgIpc) is 2.39. The quantitative estimate of drug-likeness (QED) is 0.400. The van der Waals surface area contributed by atoms with E-state index in [1.807, 2.05) is 0 Å². The number of hydrogen-bond donors (Lipinski definition) is 6. The summed E-state index contributed by atoms with van der Waals surface area (Å²) in [4.78, 5) is 0. The smallest absolute Gasteiger partial charge is 0.157 e. The van der Waals surface area contributed by atoms with E-state index in [9.17, 15) is 20.4 Å². The maximum absolute atomic E-state index is 9.81. The molecule has 1 heterocycles. The van der Waals surface area contributed by atoms with Gasteiger partial charge in [-0.1, -0.05) is 6.07 Å². The van der Waals surface area contributed by atoms with Gasteiger partial charge in [0.25, 0.3) is 0 Å². The van der Waals surface area contributed by atoms with E-state index in [1.165, 1.54) is 12.1 Å². The summed E-state index contributed by atoms with van der Waals surface area (Å²) in [7, 11) is 0. The van der Waals surface area contributed by atoms with E-state index in [0.717, 1.165) is 0 Å². The van der Waals surface area contributed by atoms with E-state index in [0.29, 0.717) is 5.69 Å². The highest BCUT2D eigenvalue weighted by molar-refractivity contribution is 5.48. The van der Waals surface area contributed by atoms with Crippen LogP contribution in [0.4, 0.5) is 5.69 Å². The van der Waals surface area contributed by atoms with Crippen molar-refractivity contribution < 1.29 is 30.3 Å². The van der Waals surface area contributed by atoms with Crippen molar-refractivity contribution >= 4 is 5.69 Å². The van der Waals surface area contributed by atoms with Crippen molar-refractivity contribution in [3.63, 3.8) is 0 Å². The van der Waals surface area contributed by atoms with Crippen molar-refractivity contribution in [2.24, 2.45) is 0 Å². The molecule has 6 N–H and O–H groups in total. The van der Waals surface area contributed by atoms with Crippen LogP contribution in [0.25, 0.3) is 0 Å². The Morgan fingerprint density at radius 2 is 1.84 bits per heavy atom. The van der Waals surface area contributed by atoms with E-state index in [2.05, 4.69) is 5.32 Å². The second kappa shape index (κ2) is 5.72. The third-order valence-corrected chi connectivity index (χ3v) is 3.05. The molecular weight excluding hydrogens is 254 g/mol. The van der Waals surface area contributed by atoms with Gasteiger partial charge in [0, 0.05) is 11.8 Å². The number of anilines is 1. The second-order valence-corrected chi connectivity index (χ2v) is 4.44. The Morgan fingerprint density at radius 1 is 1.11 bits per heavy atom. The lowest BCUT2D eigenvalue weighted by Gasteiger charge is -2.40. The molecule has 1 aliphatic heterocycles. The van der Waals surface area contributed by atoms with Gasteiger partial charge in [0.05, 0.1) is 6.61 Å². The first kappa shape index (κ1) is 14.0. The second-order valence-electron chi connectivity index (χ2n) is 4.44. The zero-order valence-electron chi connectivity index (χ0n) is 10.0. The van der Waals surface area contributed by atoms with Crippen molar-refractivity contribution in [3.05, 3.63) is 24.3 Å². The van der Waals surface area contributed by atoms with E-state index < -0.39 is 37.3 Å². The lowest BCUT2D eigenvalue weighted by Crippen LogP contribution is -2.60. The molecule has 0 radical (unpaired) electrons. The Labute approximate surface area is 109 Å². The van der Waals surface area contributed by atoms with Crippen LogP contribution in [0.1, 0.15) is 0 Å². The standard InChI is InChI=1S/C12H17NO6/c14-5-8-9(16)10(17)11(18)12(19-8)13-6-2-1-3-7(15)4-6/h1-4,8-18H,5H2. The summed E-state index contributed by atoms with van der Waals surface area (Å²) < 4.78 is 5.27. The molecule has 0 aliphatic carbocycles. The highest BCUT2D eigenvalue weighted by Gasteiger charge is 2.43. The van der Waals surface area contributed by atoms with Crippen LogP contribution in [0, 0.1) is 0 Å². The van der Waals surface area contributed by atoms with Gasteiger partial charge in [-0.25, -0.2) is 0 Å². The van der Waals surface area contributed by atoms with Gasteiger partial charge in [-0.2, -0.15) is 0 Å². The van der Waals surface area contributed by atoms with Crippen LogP contribution < -0.4 is 5.32 Å². The molecule has 0 spiro atoms. The monoisotopic (exact) mass is 271 g/mol. The number of benzene rings is 1. The maximum atomic E-state index is 9.81. The average molecular weight is 271 g/mol. The van der Waals surface area contributed by atoms with Gasteiger partial charge in [0.2, 0.25) is 0 Å². The van der Waals surface area contributed by atoms with Crippen LogP contribution in [0.15, 0.2) is 24.3 Å². The first-order valence-electron chi connectivity index (χ1n) is 5.89. The van der Waals surface area contributed by atoms with Gasteiger partial charge < -0.3 is 35.6 Å². The van der Waals surface area contributed by atoms with Crippen LogP contribution in [-0.4, -0.2) is 62.8 Å². The van der Waals surface area contributed by atoms with Crippen LogP contribution in [0.2, 0.25) is 0 Å².